The Balaban J connectivity index is 1.84. The zero-order valence-electron chi connectivity index (χ0n) is 18.4. The van der Waals surface area contributed by atoms with Crippen molar-refractivity contribution in [2.75, 3.05) is 12.5 Å². The molecule has 33 heavy (non-hydrogen) atoms. The molecule has 0 saturated heterocycles. The maximum absolute atomic E-state index is 13.2. The van der Waals surface area contributed by atoms with Gasteiger partial charge in [0.2, 0.25) is 0 Å². The Bertz CT molecular complexity index is 1350. The van der Waals surface area contributed by atoms with E-state index in [9.17, 15) is 9.59 Å². The van der Waals surface area contributed by atoms with Crippen LogP contribution >= 0.6 is 0 Å². The molecule has 6 heteroatoms. The molecule has 1 aromatic heterocycles. The van der Waals surface area contributed by atoms with E-state index in [1.165, 1.54) is 7.11 Å². The van der Waals surface area contributed by atoms with Gasteiger partial charge in [-0.25, -0.2) is 9.59 Å². The highest BCUT2D eigenvalue weighted by molar-refractivity contribution is 6.04. The quantitative estimate of drug-likeness (QED) is 0.175. The number of rotatable bonds is 7. The average molecular weight is 440 g/mol. The molecular weight excluding hydrogens is 416 g/mol. The molecule has 0 unspecified atom stereocenters. The molecule has 3 aromatic carbocycles. The van der Waals surface area contributed by atoms with Crippen LogP contribution in [0.1, 0.15) is 40.7 Å². The number of anilines is 1. The minimum atomic E-state index is -0.577. The molecule has 4 rings (SSSR count). The molecule has 6 nitrogen and oxygen atoms in total. The fourth-order valence-corrected chi connectivity index (χ4v) is 3.89. The van der Waals surface area contributed by atoms with Crippen molar-refractivity contribution < 1.29 is 13.9 Å². The fraction of sp³-hybridized carbons (Fsp3) is 0.148. The molecule has 0 aliphatic carbocycles. The molecule has 1 atom stereocenters. The molecule has 0 amide bonds. The van der Waals surface area contributed by atoms with E-state index < -0.39 is 17.5 Å². The summed E-state index contributed by atoms with van der Waals surface area (Å²) in [5.41, 5.74) is 5.80. The lowest BCUT2D eigenvalue weighted by Crippen LogP contribution is -2.22. The van der Waals surface area contributed by atoms with E-state index in [1.54, 1.807) is 24.3 Å². The maximum atomic E-state index is 13.2. The molecule has 0 saturated carbocycles. The van der Waals surface area contributed by atoms with Crippen molar-refractivity contribution in [2.45, 2.75) is 19.3 Å². The van der Waals surface area contributed by atoms with Crippen LogP contribution < -0.4 is 11.1 Å². The second-order valence-corrected chi connectivity index (χ2v) is 7.66. The molecule has 0 aliphatic heterocycles. The van der Waals surface area contributed by atoms with Gasteiger partial charge in [0.25, 0.3) is 0 Å². The molecule has 0 bridgehead atoms. The lowest BCUT2D eigenvalue weighted by molar-refractivity contribution is 0.0600. The van der Waals surface area contributed by atoms with Crippen molar-refractivity contribution in [3.63, 3.8) is 0 Å². The molecule has 0 aliphatic rings. The number of benzene rings is 3. The van der Waals surface area contributed by atoms with Crippen molar-refractivity contribution in [3.05, 3.63) is 112 Å². The summed E-state index contributed by atoms with van der Waals surface area (Å²) in [7, 11) is 1.31. The molecular formula is C27H24N2O4. The Kier molecular flexibility index (Phi) is 6.64. The van der Waals surface area contributed by atoms with E-state index in [0.717, 1.165) is 17.0 Å². The van der Waals surface area contributed by atoms with Gasteiger partial charge >= 0.3 is 11.6 Å². The summed E-state index contributed by atoms with van der Waals surface area (Å²) in [6, 6.07) is 26.1. The Labute approximate surface area is 191 Å². The zero-order valence-corrected chi connectivity index (χ0v) is 18.4. The number of hydrazone groups is 1. The van der Waals surface area contributed by atoms with Gasteiger partial charge in [-0.2, -0.15) is 5.10 Å². The number of carbonyl (C=O) groups is 1. The van der Waals surface area contributed by atoms with E-state index in [2.05, 4.69) is 10.5 Å². The molecule has 0 fully saturated rings. The normalized spacial score (nSPS) is 12.4. The van der Waals surface area contributed by atoms with Crippen molar-refractivity contribution in [1.82, 2.24) is 0 Å². The number of nitrogens with one attached hydrogen (secondary N) is 1. The topological polar surface area (TPSA) is 80.9 Å². The summed E-state index contributed by atoms with van der Waals surface area (Å²) in [6.07, 6.45) is 0.400. The molecule has 0 spiro atoms. The van der Waals surface area contributed by atoms with E-state index in [0.29, 0.717) is 17.4 Å². The summed E-state index contributed by atoms with van der Waals surface area (Å²) < 4.78 is 10.7. The lowest BCUT2D eigenvalue weighted by atomic mass is 9.84. The van der Waals surface area contributed by atoms with E-state index in [4.69, 9.17) is 9.15 Å². The van der Waals surface area contributed by atoms with Crippen LogP contribution in [0.4, 0.5) is 5.69 Å². The monoisotopic (exact) mass is 440 g/mol. The van der Waals surface area contributed by atoms with Crippen molar-refractivity contribution in [1.29, 1.82) is 0 Å². The highest BCUT2D eigenvalue weighted by Crippen LogP contribution is 2.32. The van der Waals surface area contributed by atoms with Gasteiger partial charge in [0.15, 0.2) is 0 Å². The first kappa shape index (κ1) is 22.0. The van der Waals surface area contributed by atoms with Gasteiger partial charge in [0, 0.05) is 17.0 Å². The number of carbonyl (C=O) groups excluding carboxylic acids is 1. The summed E-state index contributed by atoms with van der Waals surface area (Å²) >= 11 is 0. The maximum Gasteiger partial charge on any atom is 0.340 e. The second-order valence-electron chi connectivity index (χ2n) is 7.66. The minimum absolute atomic E-state index is 0.224. The third kappa shape index (κ3) is 4.85. The van der Waals surface area contributed by atoms with Crippen LogP contribution in [-0.4, -0.2) is 18.8 Å². The summed E-state index contributed by atoms with van der Waals surface area (Å²) in [5, 5.41) is 5.03. The smallest absolute Gasteiger partial charge is 0.340 e. The van der Waals surface area contributed by atoms with Gasteiger partial charge in [-0.1, -0.05) is 66.7 Å². The Hall–Kier alpha value is -4.19. The SMILES string of the molecule is COC(=O)c1c([C@H](C/C(C)=N\Nc2ccccc2)c2ccccc2)c(=O)oc2ccccc12. The van der Waals surface area contributed by atoms with E-state index >= 15 is 0 Å². The van der Waals surface area contributed by atoms with Crippen LogP contribution in [0.2, 0.25) is 0 Å². The van der Waals surface area contributed by atoms with Crippen molar-refractivity contribution in [3.8, 4) is 0 Å². The van der Waals surface area contributed by atoms with Gasteiger partial charge < -0.3 is 9.15 Å². The van der Waals surface area contributed by atoms with Crippen LogP contribution in [0.3, 0.4) is 0 Å². The number of fused-ring (bicyclic) bond motifs is 1. The molecule has 166 valence electrons. The summed E-state index contributed by atoms with van der Waals surface area (Å²) in [5.74, 6) is -1.03. The van der Waals surface area contributed by atoms with Crippen LogP contribution in [0.25, 0.3) is 11.0 Å². The largest absolute Gasteiger partial charge is 0.465 e. The first-order chi connectivity index (χ1) is 16.1. The van der Waals surface area contributed by atoms with Gasteiger partial charge in [-0.3, -0.25) is 5.43 Å². The Morgan fingerprint density at radius 1 is 0.970 bits per heavy atom. The second kappa shape index (κ2) is 9.96. The molecule has 1 N–H and O–H groups in total. The first-order valence-corrected chi connectivity index (χ1v) is 10.6. The summed E-state index contributed by atoms with van der Waals surface area (Å²) in [6.45, 7) is 1.88. The van der Waals surface area contributed by atoms with E-state index in [1.807, 2.05) is 67.6 Å². The fourth-order valence-electron chi connectivity index (χ4n) is 3.89. The standard InChI is InChI=1S/C27H24N2O4/c1-18(28-29-20-13-7-4-8-14-20)17-22(19-11-5-3-6-12-19)25-24(26(30)32-2)21-15-9-10-16-23(21)33-27(25)31/h3-16,22,29H,17H2,1-2H3/b28-18-/t22-/m1/s1. The number of methoxy groups -OCH3 is 1. The highest BCUT2D eigenvalue weighted by atomic mass is 16.5. The number of esters is 1. The van der Waals surface area contributed by atoms with Crippen molar-refractivity contribution in [2.24, 2.45) is 5.10 Å². The van der Waals surface area contributed by atoms with Gasteiger partial charge in [-0.05, 0) is 37.1 Å². The zero-order chi connectivity index (χ0) is 23.2. The molecule has 4 aromatic rings. The van der Waals surface area contributed by atoms with Crippen molar-refractivity contribution >= 4 is 28.3 Å². The minimum Gasteiger partial charge on any atom is -0.465 e. The van der Waals surface area contributed by atoms with Gasteiger partial charge in [0.05, 0.1) is 23.9 Å². The molecule has 0 radical (unpaired) electrons. The predicted molar refractivity (Wildman–Crippen MR) is 130 cm³/mol. The Morgan fingerprint density at radius 2 is 1.61 bits per heavy atom. The number of para-hydroxylation sites is 2. The third-order valence-corrected chi connectivity index (χ3v) is 5.44. The molecule has 1 heterocycles. The van der Waals surface area contributed by atoms with Crippen LogP contribution in [-0.2, 0) is 4.74 Å². The number of hydrogen-bond donors (Lipinski definition) is 1. The number of nitrogens with zero attached hydrogens (tertiary/aromatic N) is 1. The predicted octanol–water partition coefficient (Wildman–Crippen LogP) is 5.59. The van der Waals surface area contributed by atoms with Crippen LogP contribution in [0, 0.1) is 0 Å². The van der Waals surface area contributed by atoms with Crippen LogP contribution in [0.15, 0.2) is 99.2 Å². The third-order valence-electron chi connectivity index (χ3n) is 5.44. The number of ether oxygens (including phenoxy) is 1. The number of hydrogen-bond acceptors (Lipinski definition) is 6. The lowest BCUT2D eigenvalue weighted by Gasteiger charge is -2.20. The average Bonchev–Trinajstić information content (AvgIpc) is 2.86. The summed E-state index contributed by atoms with van der Waals surface area (Å²) in [4.78, 5) is 26.1. The van der Waals surface area contributed by atoms with E-state index in [-0.39, 0.29) is 11.1 Å². The van der Waals surface area contributed by atoms with Gasteiger partial charge in [-0.15, -0.1) is 0 Å². The first-order valence-electron chi connectivity index (χ1n) is 10.6. The van der Waals surface area contributed by atoms with Crippen LogP contribution in [0.5, 0.6) is 0 Å². The van der Waals surface area contributed by atoms with Gasteiger partial charge in [0.1, 0.15) is 5.58 Å². The highest BCUT2D eigenvalue weighted by Gasteiger charge is 2.29. The Morgan fingerprint density at radius 3 is 2.30 bits per heavy atom.